The van der Waals surface area contributed by atoms with Crippen LogP contribution in [0.15, 0.2) is 0 Å². The fourth-order valence-electron chi connectivity index (χ4n) is 4.00. The number of thiazole rings is 1. The van der Waals surface area contributed by atoms with Gasteiger partial charge in [-0.05, 0) is 43.6 Å². The summed E-state index contributed by atoms with van der Waals surface area (Å²) in [7, 11) is 0. The molecule has 1 aliphatic carbocycles. The highest BCUT2D eigenvalue weighted by Gasteiger charge is 2.32. The van der Waals surface area contributed by atoms with Gasteiger partial charge in [0.15, 0.2) is 5.13 Å². The first-order valence-corrected chi connectivity index (χ1v) is 10.2. The number of hydrogen-bond acceptors (Lipinski definition) is 4. The van der Waals surface area contributed by atoms with Crippen molar-refractivity contribution in [3.05, 3.63) is 10.6 Å². The van der Waals surface area contributed by atoms with E-state index in [1.54, 1.807) is 11.3 Å². The summed E-state index contributed by atoms with van der Waals surface area (Å²) in [5, 5.41) is 3.91. The molecule has 0 saturated heterocycles. The van der Waals surface area contributed by atoms with Crippen molar-refractivity contribution in [2.24, 2.45) is 17.3 Å². The predicted molar refractivity (Wildman–Crippen MR) is 100 cm³/mol. The molecule has 1 fully saturated rings. The molecule has 5 heteroatoms. The zero-order chi connectivity index (χ0) is 17.3. The smallest absolute Gasteiger partial charge is 0.229 e. The molecule has 2 heterocycles. The van der Waals surface area contributed by atoms with Gasteiger partial charge in [-0.1, -0.05) is 27.7 Å². The molecule has 1 aromatic heterocycles. The number of fused-ring (bicyclic) bond motifs is 1. The molecule has 1 aliphatic heterocycles. The average Bonchev–Trinajstić information content (AvgIpc) is 2.95. The van der Waals surface area contributed by atoms with E-state index in [0.717, 1.165) is 49.9 Å². The standard InChI is InChI=1S/C19H31N3OS/c1-5-22-11-10-15-16(12-22)24-18(20-15)21-17(23)13-6-8-14(9-7-13)19(2,3)4/h13-14H,5-12H2,1-4H3,(H,20,21,23). The molecule has 0 aromatic carbocycles. The predicted octanol–water partition coefficient (Wildman–Crippen LogP) is 4.31. The van der Waals surface area contributed by atoms with Crippen LogP contribution in [-0.4, -0.2) is 28.9 Å². The van der Waals surface area contributed by atoms with Crippen molar-refractivity contribution < 1.29 is 4.79 Å². The van der Waals surface area contributed by atoms with Gasteiger partial charge < -0.3 is 5.32 Å². The van der Waals surface area contributed by atoms with Crippen molar-refractivity contribution >= 4 is 22.4 Å². The summed E-state index contributed by atoms with van der Waals surface area (Å²) in [6.07, 6.45) is 5.38. The Kier molecular flexibility index (Phi) is 5.30. The molecule has 0 unspecified atom stereocenters. The van der Waals surface area contributed by atoms with E-state index in [0.29, 0.717) is 5.41 Å². The first-order chi connectivity index (χ1) is 11.4. The van der Waals surface area contributed by atoms with Crippen LogP contribution in [0.4, 0.5) is 5.13 Å². The summed E-state index contributed by atoms with van der Waals surface area (Å²) < 4.78 is 0. The molecule has 24 heavy (non-hydrogen) atoms. The molecule has 1 aromatic rings. The fourth-order valence-corrected chi connectivity index (χ4v) is 5.05. The summed E-state index contributed by atoms with van der Waals surface area (Å²) in [6.45, 7) is 12.3. The highest BCUT2D eigenvalue weighted by atomic mass is 32.1. The van der Waals surface area contributed by atoms with E-state index in [2.05, 4.69) is 42.9 Å². The van der Waals surface area contributed by atoms with Gasteiger partial charge in [0, 0.05) is 30.3 Å². The summed E-state index contributed by atoms with van der Waals surface area (Å²) in [5.74, 6) is 1.09. The van der Waals surface area contributed by atoms with Crippen LogP contribution in [0.1, 0.15) is 63.9 Å². The van der Waals surface area contributed by atoms with Gasteiger partial charge >= 0.3 is 0 Å². The van der Waals surface area contributed by atoms with E-state index in [9.17, 15) is 4.79 Å². The van der Waals surface area contributed by atoms with Crippen LogP contribution in [0.2, 0.25) is 0 Å². The van der Waals surface area contributed by atoms with Gasteiger partial charge in [0.25, 0.3) is 0 Å². The number of carbonyl (C=O) groups excluding carboxylic acids is 1. The molecule has 1 amide bonds. The normalized spacial score (nSPS) is 25.3. The van der Waals surface area contributed by atoms with Crippen LogP contribution in [0.5, 0.6) is 0 Å². The quantitative estimate of drug-likeness (QED) is 0.884. The maximum atomic E-state index is 12.6. The number of carbonyl (C=O) groups is 1. The van der Waals surface area contributed by atoms with E-state index in [1.165, 1.54) is 23.4 Å². The zero-order valence-corrected chi connectivity index (χ0v) is 16.3. The minimum absolute atomic E-state index is 0.164. The topological polar surface area (TPSA) is 45.2 Å². The lowest BCUT2D eigenvalue weighted by Crippen LogP contribution is -2.31. The number of nitrogens with zero attached hydrogens (tertiary/aromatic N) is 2. The van der Waals surface area contributed by atoms with Gasteiger partial charge in [-0.2, -0.15) is 0 Å². The summed E-state index contributed by atoms with van der Waals surface area (Å²) in [4.78, 5) is 21.0. The minimum Gasteiger partial charge on any atom is -0.302 e. The molecule has 1 N–H and O–H groups in total. The van der Waals surface area contributed by atoms with Crippen LogP contribution in [0, 0.1) is 17.3 Å². The first-order valence-electron chi connectivity index (χ1n) is 9.38. The maximum Gasteiger partial charge on any atom is 0.229 e. The van der Waals surface area contributed by atoms with E-state index in [4.69, 9.17) is 0 Å². The third-order valence-corrected chi connectivity index (χ3v) is 6.81. The van der Waals surface area contributed by atoms with E-state index in [-0.39, 0.29) is 11.8 Å². The van der Waals surface area contributed by atoms with Gasteiger partial charge in [0.2, 0.25) is 5.91 Å². The number of aromatic nitrogens is 1. The van der Waals surface area contributed by atoms with E-state index < -0.39 is 0 Å². The molecule has 4 nitrogen and oxygen atoms in total. The zero-order valence-electron chi connectivity index (χ0n) is 15.5. The van der Waals surface area contributed by atoms with Crippen molar-refractivity contribution in [1.29, 1.82) is 0 Å². The third kappa shape index (κ3) is 3.99. The van der Waals surface area contributed by atoms with Gasteiger partial charge in [-0.15, -0.1) is 11.3 Å². The summed E-state index contributed by atoms with van der Waals surface area (Å²) >= 11 is 1.67. The number of amides is 1. The number of rotatable bonds is 3. The van der Waals surface area contributed by atoms with Gasteiger partial charge in [0.1, 0.15) is 0 Å². The molecule has 0 radical (unpaired) electrons. The van der Waals surface area contributed by atoms with Gasteiger partial charge in [-0.25, -0.2) is 4.98 Å². The Balaban J connectivity index is 1.56. The lowest BCUT2D eigenvalue weighted by atomic mass is 9.70. The monoisotopic (exact) mass is 349 g/mol. The van der Waals surface area contributed by atoms with Crippen LogP contribution in [-0.2, 0) is 17.8 Å². The minimum atomic E-state index is 0.164. The Bertz CT molecular complexity index is 582. The highest BCUT2D eigenvalue weighted by Crippen LogP contribution is 2.40. The van der Waals surface area contributed by atoms with Crippen molar-refractivity contribution in [3.63, 3.8) is 0 Å². The number of hydrogen-bond donors (Lipinski definition) is 1. The molecule has 2 aliphatic rings. The Morgan fingerprint density at radius 3 is 2.62 bits per heavy atom. The fraction of sp³-hybridized carbons (Fsp3) is 0.789. The van der Waals surface area contributed by atoms with E-state index >= 15 is 0 Å². The molecule has 3 rings (SSSR count). The SMILES string of the molecule is CCN1CCc2nc(NC(=O)C3CCC(C(C)(C)C)CC3)sc2C1. The maximum absolute atomic E-state index is 12.6. The largest absolute Gasteiger partial charge is 0.302 e. The van der Waals surface area contributed by atoms with Gasteiger partial charge in [0.05, 0.1) is 5.69 Å². The van der Waals surface area contributed by atoms with Crippen LogP contribution < -0.4 is 5.32 Å². The molecular formula is C19H31N3OS. The molecule has 0 bridgehead atoms. The van der Waals surface area contributed by atoms with Crippen molar-refractivity contribution in [1.82, 2.24) is 9.88 Å². The van der Waals surface area contributed by atoms with Crippen molar-refractivity contribution in [2.75, 3.05) is 18.4 Å². The molecular weight excluding hydrogens is 318 g/mol. The second-order valence-corrected chi connectivity index (χ2v) is 9.50. The Hall–Kier alpha value is -0.940. The first kappa shape index (κ1) is 17.9. The van der Waals surface area contributed by atoms with Crippen LogP contribution in [0.3, 0.4) is 0 Å². The Morgan fingerprint density at radius 1 is 1.29 bits per heavy atom. The molecule has 1 saturated carbocycles. The Morgan fingerprint density at radius 2 is 2.00 bits per heavy atom. The van der Waals surface area contributed by atoms with Crippen molar-refractivity contribution in [3.8, 4) is 0 Å². The molecule has 0 atom stereocenters. The lowest BCUT2D eigenvalue weighted by molar-refractivity contribution is -0.121. The van der Waals surface area contributed by atoms with Gasteiger partial charge in [-0.3, -0.25) is 9.69 Å². The average molecular weight is 350 g/mol. The molecule has 0 spiro atoms. The number of likely N-dealkylation sites (N-methyl/N-ethyl adjacent to an activating group) is 1. The Labute approximate surface area is 150 Å². The molecule has 134 valence electrons. The van der Waals surface area contributed by atoms with Crippen LogP contribution >= 0.6 is 11.3 Å². The second-order valence-electron chi connectivity index (χ2n) is 8.41. The lowest BCUT2D eigenvalue weighted by Gasteiger charge is -2.36. The highest BCUT2D eigenvalue weighted by molar-refractivity contribution is 7.15. The van der Waals surface area contributed by atoms with Crippen molar-refractivity contribution in [2.45, 2.75) is 66.3 Å². The third-order valence-electron chi connectivity index (χ3n) is 5.81. The van der Waals surface area contributed by atoms with E-state index in [1.807, 2.05) is 0 Å². The number of anilines is 1. The summed E-state index contributed by atoms with van der Waals surface area (Å²) in [5.41, 5.74) is 1.55. The summed E-state index contributed by atoms with van der Waals surface area (Å²) in [6, 6.07) is 0. The van der Waals surface area contributed by atoms with Crippen LogP contribution in [0.25, 0.3) is 0 Å². The second kappa shape index (κ2) is 7.12. The number of nitrogens with one attached hydrogen (secondary N) is 1.